The molecule has 4 rings (SSSR count). The van der Waals surface area contributed by atoms with E-state index in [2.05, 4.69) is 40.0 Å². The highest BCUT2D eigenvalue weighted by molar-refractivity contribution is 7.99. The number of piperazine rings is 1. The highest BCUT2D eigenvalue weighted by Crippen LogP contribution is 2.36. The van der Waals surface area contributed by atoms with Gasteiger partial charge >= 0.3 is 0 Å². The number of nitrogens with two attached hydrogens (primary N) is 1. The molecule has 3 aromatic rings. The molecule has 0 bridgehead atoms. The molecular weight excluding hydrogens is 354 g/mol. The lowest BCUT2D eigenvalue weighted by Crippen LogP contribution is -2.45. The second-order valence-electron chi connectivity index (χ2n) is 6.71. The molecule has 0 saturated carbocycles. The predicted octanol–water partition coefficient (Wildman–Crippen LogP) is 3.63. The summed E-state index contributed by atoms with van der Waals surface area (Å²) in [7, 11) is 2.15. The summed E-state index contributed by atoms with van der Waals surface area (Å²) in [5.74, 6) is 0.805. The molecule has 0 atom stereocenters. The summed E-state index contributed by atoms with van der Waals surface area (Å²) in [4.78, 5) is 16.3. The van der Waals surface area contributed by atoms with Gasteiger partial charge in [-0.15, -0.1) is 0 Å². The van der Waals surface area contributed by atoms with Crippen LogP contribution in [0.1, 0.15) is 0 Å². The lowest BCUT2D eigenvalue weighted by Gasteiger charge is -2.32. The zero-order chi connectivity index (χ0) is 18.6. The van der Waals surface area contributed by atoms with Gasteiger partial charge in [0.25, 0.3) is 0 Å². The Hall–Kier alpha value is -2.57. The first kappa shape index (κ1) is 17.8. The summed E-state index contributed by atoms with van der Waals surface area (Å²) in [5, 5.41) is 0. The van der Waals surface area contributed by atoms with Crippen molar-refractivity contribution in [3.63, 3.8) is 0 Å². The Morgan fingerprint density at radius 2 is 1.74 bits per heavy atom. The molecule has 2 N–H and O–H groups in total. The number of likely N-dealkylation sites (N-methyl/N-ethyl adjacent to an activating group) is 1. The monoisotopic (exact) mass is 377 g/mol. The van der Waals surface area contributed by atoms with E-state index in [0.29, 0.717) is 0 Å². The first-order valence-electron chi connectivity index (χ1n) is 9.08. The maximum Gasteiger partial charge on any atom is 0.226 e. The first-order chi connectivity index (χ1) is 13.2. The third kappa shape index (κ3) is 4.23. The maximum absolute atomic E-state index is 5.94. The van der Waals surface area contributed by atoms with Crippen molar-refractivity contribution in [3.8, 4) is 11.3 Å². The predicted molar refractivity (Wildman–Crippen MR) is 112 cm³/mol. The zero-order valence-electron chi connectivity index (χ0n) is 15.4. The van der Waals surface area contributed by atoms with Crippen molar-refractivity contribution in [2.24, 2.45) is 0 Å². The molecule has 0 unspecified atom stereocenters. The van der Waals surface area contributed by atoms with Crippen LogP contribution in [0, 0.1) is 0 Å². The molecule has 6 heteroatoms. The van der Waals surface area contributed by atoms with Crippen LogP contribution in [0.15, 0.2) is 70.6 Å². The Morgan fingerprint density at radius 3 is 2.48 bits per heavy atom. The molecule has 1 aromatic heterocycles. The first-order valence-corrected chi connectivity index (χ1v) is 9.90. The molecule has 27 heavy (non-hydrogen) atoms. The van der Waals surface area contributed by atoms with Crippen LogP contribution in [-0.2, 0) is 0 Å². The fourth-order valence-electron chi connectivity index (χ4n) is 3.10. The van der Waals surface area contributed by atoms with E-state index in [0.717, 1.165) is 58.9 Å². The molecule has 5 nitrogen and oxygen atoms in total. The topological polar surface area (TPSA) is 58.3 Å². The second-order valence-corrected chi connectivity index (χ2v) is 7.83. The average molecular weight is 378 g/mol. The van der Waals surface area contributed by atoms with Crippen molar-refractivity contribution >= 4 is 23.4 Å². The summed E-state index contributed by atoms with van der Waals surface area (Å²) >= 11 is 1.65. The molecule has 0 radical (unpaired) electrons. The molecule has 1 saturated heterocycles. The molecular formula is C21H23N5S. The van der Waals surface area contributed by atoms with Crippen LogP contribution in [0.3, 0.4) is 0 Å². The lowest BCUT2D eigenvalue weighted by molar-refractivity contribution is 0.311. The lowest BCUT2D eigenvalue weighted by atomic mass is 10.1. The van der Waals surface area contributed by atoms with Crippen molar-refractivity contribution < 1.29 is 0 Å². The Morgan fingerprint density at radius 1 is 0.963 bits per heavy atom. The van der Waals surface area contributed by atoms with E-state index in [1.54, 1.807) is 11.8 Å². The Labute approximate surface area is 164 Å². The molecule has 2 aromatic carbocycles. The molecule has 0 amide bonds. The van der Waals surface area contributed by atoms with Gasteiger partial charge in [-0.3, -0.25) is 0 Å². The van der Waals surface area contributed by atoms with Crippen LogP contribution < -0.4 is 10.6 Å². The van der Waals surface area contributed by atoms with Crippen LogP contribution in [0.2, 0.25) is 0 Å². The van der Waals surface area contributed by atoms with Crippen LogP contribution in [0.4, 0.5) is 11.6 Å². The van der Waals surface area contributed by atoms with E-state index in [4.69, 9.17) is 10.7 Å². The Balaban J connectivity index is 1.70. The number of hydrogen-bond donors (Lipinski definition) is 1. The SMILES string of the molecule is CN1CCN(c2ncc(Sc3cccc(N)c3)c(-c3ccccc3)n2)CC1. The van der Waals surface area contributed by atoms with Gasteiger partial charge in [-0.05, 0) is 25.2 Å². The van der Waals surface area contributed by atoms with Crippen molar-refractivity contribution in [2.75, 3.05) is 43.9 Å². The molecule has 1 aliphatic rings. The summed E-state index contributed by atoms with van der Waals surface area (Å²) in [6, 6.07) is 18.2. The molecule has 1 fully saturated rings. The minimum Gasteiger partial charge on any atom is -0.399 e. The van der Waals surface area contributed by atoms with Gasteiger partial charge in [-0.1, -0.05) is 48.2 Å². The van der Waals surface area contributed by atoms with Crippen LogP contribution in [0.5, 0.6) is 0 Å². The van der Waals surface area contributed by atoms with Crippen LogP contribution in [-0.4, -0.2) is 48.1 Å². The van der Waals surface area contributed by atoms with E-state index in [1.807, 2.05) is 42.6 Å². The summed E-state index contributed by atoms with van der Waals surface area (Å²) < 4.78 is 0. The van der Waals surface area contributed by atoms with E-state index in [-0.39, 0.29) is 0 Å². The van der Waals surface area contributed by atoms with Crippen molar-refractivity contribution in [1.82, 2.24) is 14.9 Å². The number of benzene rings is 2. The summed E-state index contributed by atoms with van der Waals surface area (Å²) in [6.07, 6.45) is 1.94. The van der Waals surface area contributed by atoms with Gasteiger partial charge in [0.15, 0.2) is 0 Å². The van der Waals surface area contributed by atoms with Crippen molar-refractivity contribution in [1.29, 1.82) is 0 Å². The zero-order valence-corrected chi connectivity index (χ0v) is 16.2. The number of hydrogen-bond acceptors (Lipinski definition) is 6. The Bertz CT molecular complexity index is 907. The fraction of sp³-hybridized carbons (Fsp3) is 0.238. The Kier molecular flexibility index (Phi) is 5.27. The van der Waals surface area contributed by atoms with Crippen LogP contribution in [0.25, 0.3) is 11.3 Å². The third-order valence-corrected chi connectivity index (χ3v) is 5.67. The molecule has 1 aliphatic heterocycles. The van der Waals surface area contributed by atoms with Gasteiger partial charge < -0.3 is 15.5 Å². The molecule has 138 valence electrons. The number of anilines is 2. The maximum atomic E-state index is 5.94. The van der Waals surface area contributed by atoms with E-state index >= 15 is 0 Å². The number of nitrogens with zero attached hydrogens (tertiary/aromatic N) is 4. The van der Waals surface area contributed by atoms with Gasteiger partial charge in [0.05, 0.1) is 10.6 Å². The molecule has 0 spiro atoms. The molecule has 2 heterocycles. The number of aromatic nitrogens is 2. The van der Waals surface area contributed by atoms with Gasteiger partial charge in [-0.25, -0.2) is 9.97 Å². The van der Waals surface area contributed by atoms with Gasteiger partial charge in [-0.2, -0.15) is 0 Å². The normalized spacial score (nSPS) is 15.1. The number of rotatable bonds is 4. The van der Waals surface area contributed by atoms with Gasteiger partial charge in [0.2, 0.25) is 5.95 Å². The summed E-state index contributed by atoms with van der Waals surface area (Å²) in [5.41, 5.74) is 8.76. The third-order valence-electron chi connectivity index (χ3n) is 4.66. The largest absolute Gasteiger partial charge is 0.399 e. The second kappa shape index (κ2) is 7.98. The standard InChI is InChI=1S/C21H23N5S/c1-25-10-12-26(13-11-25)21-23-15-19(27-18-9-5-8-17(22)14-18)20(24-21)16-6-3-2-4-7-16/h2-9,14-15H,10-13,22H2,1H3. The minimum absolute atomic E-state index is 0.760. The van der Waals surface area contributed by atoms with Crippen molar-refractivity contribution in [3.05, 3.63) is 60.8 Å². The summed E-state index contributed by atoms with van der Waals surface area (Å²) in [6.45, 7) is 3.96. The van der Waals surface area contributed by atoms with Gasteiger partial charge in [0, 0.05) is 48.5 Å². The smallest absolute Gasteiger partial charge is 0.226 e. The van der Waals surface area contributed by atoms with E-state index in [1.165, 1.54) is 0 Å². The fourth-order valence-corrected chi connectivity index (χ4v) is 4.06. The van der Waals surface area contributed by atoms with E-state index < -0.39 is 0 Å². The highest BCUT2D eigenvalue weighted by atomic mass is 32.2. The van der Waals surface area contributed by atoms with Gasteiger partial charge in [0.1, 0.15) is 0 Å². The van der Waals surface area contributed by atoms with Crippen molar-refractivity contribution in [2.45, 2.75) is 9.79 Å². The minimum atomic E-state index is 0.760. The molecule has 0 aliphatic carbocycles. The highest BCUT2D eigenvalue weighted by Gasteiger charge is 2.19. The number of nitrogen functional groups attached to an aromatic ring is 1. The quantitative estimate of drug-likeness (QED) is 0.701. The average Bonchev–Trinajstić information content (AvgIpc) is 2.70. The van der Waals surface area contributed by atoms with Crippen LogP contribution >= 0.6 is 11.8 Å². The van der Waals surface area contributed by atoms with E-state index in [9.17, 15) is 0 Å².